The zero-order valence-electron chi connectivity index (χ0n) is 15.6. The molecule has 1 atom stereocenters. The van der Waals surface area contributed by atoms with Gasteiger partial charge in [0.1, 0.15) is 5.25 Å². The monoisotopic (exact) mass is 398 g/mol. The van der Waals surface area contributed by atoms with E-state index < -0.39 is 5.25 Å². The van der Waals surface area contributed by atoms with Gasteiger partial charge >= 0.3 is 0 Å². The highest BCUT2D eigenvalue weighted by molar-refractivity contribution is 8.15. The Hall–Kier alpha value is -2.64. The number of thioether (sulfide) groups is 1. The van der Waals surface area contributed by atoms with Crippen molar-refractivity contribution in [3.05, 3.63) is 65.7 Å². The minimum absolute atomic E-state index is 0.0789. The average molecular weight is 398 g/mol. The Morgan fingerprint density at radius 2 is 1.79 bits per heavy atom. The Morgan fingerprint density at radius 3 is 2.46 bits per heavy atom. The number of amides is 3. The van der Waals surface area contributed by atoms with Crippen LogP contribution < -0.4 is 4.90 Å². The van der Waals surface area contributed by atoms with Crippen LogP contribution in [0.1, 0.15) is 17.5 Å². The molecule has 0 bridgehead atoms. The molecule has 1 aliphatic rings. The number of nitrogens with zero attached hydrogens (tertiary/aromatic N) is 2. The Labute approximate surface area is 168 Å². The van der Waals surface area contributed by atoms with E-state index in [2.05, 4.69) is 0 Å². The Kier molecular flexibility index (Phi) is 6.49. The largest absolute Gasteiger partial charge is 0.395 e. The maximum atomic E-state index is 12.8. The molecule has 0 spiro atoms. The van der Waals surface area contributed by atoms with Crippen LogP contribution in [0.5, 0.6) is 0 Å². The minimum atomic E-state index is -0.753. The number of carbonyl (C=O) groups excluding carboxylic acids is 3. The number of aliphatic hydroxyl groups is 1. The topological polar surface area (TPSA) is 77.9 Å². The molecule has 1 aliphatic heterocycles. The van der Waals surface area contributed by atoms with Gasteiger partial charge in [-0.1, -0.05) is 48.5 Å². The zero-order valence-corrected chi connectivity index (χ0v) is 16.4. The van der Waals surface area contributed by atoms with Crippen molar-refractivity contribution in [2.75, 3.05) is 18.1 Å². The summed E-state index contributed by atoms with van der Waals surface area (Å²) in [5.74, 6) is -0.635. The summed E-state index contributed by atoms with van der Waals surface area (Å²) in [5, 5.41) is 8.19. The lowest BCUT2D eigenvalue weighted by atomic mass is 10.1. The van der Waals surface area contributed by atoms with Crippen molar-refractivity contribution in [3.8, 4) is 0 Å². The predicted molar refractivity (Wildman–Crippen MR) is 109 cm³/mol. The molecule has 2 aromatic carbocycles. The number of rotatable bonds is 7. The van der Waals surface area contributed by atoms with Crippen molar-refractivity contribution in [3.63, 3.8) is 0 Å². The van der Waals surface area contributed by atoms with E-state index in [0.717, 1.165) is 27.8 Å². The van der Waals surface area contributed by atoms with Crippen molar-refractivity contribution in [1.29, 1.82) is 0 Å². The van der Waals surface area contributed by atoms with E-state index in [9.17, 15) is 19.5 Å². The van der Waals surface area contributed by atoms with Crippen molar-refractivity contribution in [2.45, 2.75) is 25.1 Å². The maximum Gasteiger partial charge on any atom is 0.293 e. The second kappa shape index (κ2) is 9.03. The molecule has 2 aromatic rings. The molecule has 7 heteroatoms. The summed E-state index contributed by atoms with van der Waals surface area (Å²) in [4.78, 5) is 40.7. The molecule has 1 N–H and O–H groups in total. The van der Waals surface area contributed by atoms with Crippen molar-refractivity contribution in [1.82, 2.24) is 4.90 Å². The fourth-order valence-corrected chi connectivity index (χ4v) is 4.09. The van der Waals surface area contributed by atoms with Crippen LogP contribution in [-0.2, 0) is 16.1 Å². The number of carbonyl (C=O) groups is 3. The quantitative estimate of drug-likeness (QED) is 0.776. The van der Waals surface area contributed by atoms with Gasteiger partial charge in [0.25, 0.3) is 5.24 Å². The highest BCUT2D eigenvalue weighted by Gasteiger charge is 2.42. The molecule has 146 valence electrons. The summed E-state index contributed by atoms with van der Waals surface area (Å²) in [7, 11) is 0. The summed E-state index contributed by atoms with van der Waals surface area (Å²) in [6.45, 7) is 2.19. The number of para-hydroxylation sites is 1. The molecule has 1 heterocycles. The van der Waals surface area contributed by atoms with Crippen molar-refractivity contribution < 1.29 is 19.5 Å². The highest BCUT2D eigenvalue weighted by atomic mass is 32.2. The summed E-state index contributed by atoms with van der Waals surface area (Å²) in [6, 6.07) is 16.6. The van der Waals surface area contributed by atoms with Gasteiger partial charge in [-0.25, -0.2) is 4.90 Å². The first kappa shape index (κ1) is 20.1. The van der Waals surface area contributed by atoms with Crippen LogP contribution in [0.2, 0.25) is 0 Å². The minimum Gasteiger partial charge on any atom is -0.395 e. The Bertz CT molecular complexity index is 872. The predicted octanol–water partition coefficient (Wildman–Crippen LogP) is 2.97. The number of aryl methyl sites for hydroxylation is 1. The summed E-state index contributed by atoms with van der Waals surface area (Å²) in [6.07, 6.45) is -0.0789. The van der Waals surface area contributed by atoms with E-state index in [1.807, 2.05) is 49.4 Å². The molecule has 3 amide bonds. The molecule has 3 rings (SSSR count). The Balaban J connectivity index is 1.71. The van der Waals surface area contributed by atoms with Crippen LogP contribution in [0.4, 0.5) is 10.5 Å². The van der Waals surface area contributed by atoms with E-state index in [0.29, 0.717) is 12.2 Å². The van der Waals surface area contributed by atoms with E-state index in [1.165, 1.54) is 4.90 Å². The fourth-order valence-electron chi connectivity index (χ4n) is 3.12. The third kappa shape index (κ3) is 4.43. The fraction of sp³-hybridized carbons (Fsp3) is 0.286. The smallest absolute Gasteiger partial charge is 0.293 e. The van der Waals surface area contributed by atoms with Gasteiger partial charge in [-0.15, -0.1) is 0 Å². The average Bonchev–Trinajstić information content (AvgIpc) is 2.96. The number of hydrogen-bond donors (Lipinski definition) is 1. The summed E-state index contributed by atoms with van der Waals surface area (Å²) in [5.41, 5.74) is 2.31. The molecule has 0 aromatic heterocycles. The molecule has 1 unspecified atom stereocenters. The van der Waals surface area contributed by atoms with Gasteiger partial charge in [0.15, 0.2) is 0 Å². The van der Waals surface area contributed by atoms with Crippen molar-refractivity contribution >= 4 is 34.5 Å². The first-order valence-corrected chi connectivity index (χ1v) is 9.92. The SMILES string of the molecule is Cc1ccccc1N1C(=O)SC(CC(=O)N(CCO)Cc2ccccc2)C1=O. The van der Waals surface area contributed by atoms with Gasteiger partial charge in [-0.3, -0.25) is 14.4 Å². The lowest BCUT2D eigenvalue weighted by molar-refractivity contribution is -0.133. The third-order valence-corrected chi connectivity index (χ3v) is 5.61. The van der Waals surface area contributed by atoms with Gasteiger partial charge in [-0.05, 0) is 35.9 Å². The van der Waals surface area contributed by atoms with Gasteiger partial charge in [0.2, 0.25) is 11.8 Å². The molecule has 0 radical (unpaired) electrons. The second-order valence-electron chi connectivity index (χ2n) is 6.56. The normalized spacial score (nSPS) is 16.5. The van der Waals surface area contributed by atoms with Crippen molar-refractivity contribution in [2.24, 2.45) is 0 Å². The summed E-state index contributed by atoms with van der Waals surface area (Å²) < 4.78 is 0. The van der Waals surface area contributed by atoms with E-state index in [1.54, 1.807) is 12.1 Å². The molecular formula is C21H22N2O4S. The first-order chi connectivity index (χ1) is 13.5. The van der Waals surface area contributed by atoms with Crippen LogP contribution in [0.25, 0.3) is 0 Å². The molecule has 1 fully saturated rings. The number of imide groups is 1. The molecule has 1 saturated heterocycles. The van der Waals surface area contributed by atoms with Gasteiger partial charge < -0.3 is 10.0 Å². The highest BCUT2D eigenvalue weighted by Crippen LogP contribution is 2.35. The molecule has 28 heavy (non-hydrogen) atoms. The van der Waals surface area contributed by atoms with E-state index in [-0.39, 0.29) is 36.6 Å². The number of anilines is 1. The Morgan fingerprint density at radius 1 is 1.11 bits per heavy atom. The second-order valence-corrected chi connectivity index (χ2v) is 7.72. The van der Waals surface area contributed by atoms with Crippen LogP contribution in [0.15, 0.2) is 54.6 Å². The lowest BCUT2D eigenvalue weighted by Gasteiger charge is -2.23. The lowest BCUT2D eigenvalue weighted by Crippen LogP contribution is -2.37. The molecular weight excluding hydrogens is 376 g/mol. The number of benzene rings is 2. The van der Waals surface area contributed by atoms with E-state index >= 15 is 0 Å². The summed E-state index contributed by atoms with van der Waals surface area (Å²) >= 11 is 0.883. The molecule has 0 saturated carbocycles. The molecule has 0 aliphatic carbocycles. The van der Waals surface area contributed by atoms with Crippen LogP contribution in [0, 0.1) is 6.92 Å². The maximum absolute atomic E-state index is 12.8. The molecule has 6 nitrogen and oxygen atoms in total. The number of hydrogen-bond acceptors (Lipinski definition) is 5. The standard InChI is InChI=1S/C21H22N2O4S/c1-15-7-5-6-10-17(15)23-20(26)18(28-21(23)27)13-19(25)22(11-12-24)14-16-8-3-2-4-9-16/h2-10,18,24H,11-14H2,1H3. The first-order valence-electron chi connectivity index (χ1n) is 9.04. The van der Waals surface area contributed by atoms with Gasteiger partial charge in [-0.2, -0.15) is 0 Å². The number of aliphatic hydroxyl groups excluding tert-OH is 1. The van der Waals surface area contributed by atoms with Crippen LogP contribution >= 0.6 is 11.8 Å². The third-order valence-electron chi connectivity index (χ3n) is 4.58. The zero-order chi connectivity index (χ0) is 20.1. The van der Waals surface area contributed by atoms with Crippen LogP contribution in [-0.4, -0.2) is 45.5 Å². The van der Waals surface area contributed by atoms with Crippen LogP contribution in [0.3, 0.4) is 0 Å². The van der Waals surface area contributed by atoms with E-state index in [4.69, 9.17) is 0 Å². The van der Waals surface area contributed by atoms with Gasteiger partial charge in [0.05, 0.1) is 12.3 Å². The van der Waals surface area contributed by atoms with Gasteiger partial charge in [0, 0.05) is 19.5 Å².